The van der Waals surface area contributed by atoms with Gasteiger partial charge in [0.25, 0.3) is 0 Å². The number of fused-ring (bicyclic) bond motifs is 3. The van der Waals surface area contributed by atoms with E-state index in [0.717, 1.165) is 0 Å². The first-order chi connectivity index (χ1) is 31.2. The van der Waals surface area contributed by atoms with Crippen LogP contribution in [0.1, 0.15) is 129 Å². The highest BCUT2D eigenvalue weighted by Crippen LogP contribution is 2.56. The molecule has 4 saturated heterocycles. The lowest BCUT2D eigenvalue weighted by Gasteiger charge is -2.51. The van der Waals surface area contributed by atoms with Crippen LogP contribution in [0.25, 0.3) is 0 Å². The third-order valence-corrected chi connectivity index (χ3v) is 14.9. The van der Waals surface area contributed by atoms with Gasteiger partial charge in [-0.3, -0.25) is 9.59 Å². The fourth-order valence-corrected chi connectivity index (χ4v) is 11.0. The van der Waals surface area contributed by atoms with Gasteiger partial charge in [-0.05, 0) is 87.6 Å². The summed E-state index contributed by atoms with van der Waals surface area (Å²) in [5.74, 6) is -3.00. The maximum Gasteiger partial charge on any atom is 0.202 e. The summed E-state index contributed by atoms with van der Waals surface area (Å²) in [6.07, 6.45) is -7.84. The molecule has 18 nitrogen and oxygen atoms in total. The van der Waals surface area contributed by atoms with Gasteiger partial charge in [-0.1, -0.05) is 19.1 Å². The number of phenolic OH excluding ortho intramolecular Hbond substituents is 3. The van der Waals surface area contributed by atoms with Crippen molar-refractivity contribution in [1.82, 2.24) is 9.80 Å². The quantitative estimate of drug-likeness (QED) is 0.151. The average Bonchev–Trinajstić information content (AvgIpc) is 3.26. The smallest absolute Gasteiger partial charge is 0.202 e. The number of ether oxygens (including phenoxy) is 8. The minimum Gasteiger partial charge on any atom is -0.507 e. The molecule has 2 aromatic rings. The summed E-state index contributed by atoms with van der Waals surface area (Å²) in [6, 6.07) is 3.45. The summed E-state index contributed by atoms with van der Waals surface area (Å²) in [6.45, 7) is 9.12. The Morgan fingerprint density at radius 2 is 1.27 bits per heavy atom. The molecule has 17 atom stereocenters. The van der Waals surface area contributed by atoms with E-state index in [1.54, 1.807) is 20.8 Å². The number of ketones is 2. The van der Waals surface area contributed by atoms with E-state index in [2.05, 4.69) is 0 Å². The topological polar surface area (TPSA) is 236 Å². The number of likely N-dealkylation sites (N-methyl/N-ethyl adjacent to an activating group) is 2. The number of hydrogen-bond donors (Lipinski definition) is 6. The van der Waals surface area contributed by atoms with E-state index in [1.165, 1.54) is 18.2 Å². The van der Waals surface area contributed by atoms with Crippen molar-refractivity contribution in [3.8, 4) is 17.2 Å². The third-order valence-electron chi connectivity index (χ3n) is 14.9. The maximum absolute atomic E-state index is 14.3. The number of aliphatic hydroxyl groups is 3. The molecular weight excluding hydrogens is 861 g/mol. The Labute approximate surface area is 385 Å². The van der Waals surface area contributed by atoms with Crippen molar-refractivity contribution in [2.45, 2.75) is 190 Å². The van der Waals surface area contributed by atoms with Crippen LogP contribution in [0.15, 0.2) is 18.2 Å². The molecule has 6 aliphatic rings. The van der Waals surface area contributed by atoms with Crippen molar-refractivity contribution in [2.75, 3.05) is 28.2 Å². The lowest BCUT2D eigenvalue weighted by atomic mass is 9.71. The van der Waals surface area contributed by atoms with Gasteiger partial charge in [0.1, 0.15) is 41.2 Å². The number of hydrogen-bond acceptors (Lipinski definition) is 18. The zero-order chi connectivity index (χ0) is 47.7. The molecule has 8 rings (SSSR count). The fourth-order valence-electron chi connectivity index (χ4n) is 11.0. The van der Waals surface area contributed by atoms with Crippen LogP contribution >= 0.6 is 0 Å². The largest absolute Gasteiger partial charge is 0.507 e. The molecule has 2 aromatic carbocycles. The lowest BCUT2D eigenvalue weighted by molar-refractivity contribution is -0.340. The Balaban J connectivity index is 1.09. The minimum atomic E-state index is -1.26. The normalized spacial score (nSPS) is 39.4. The van der Waals surface area contributed by atoms with Crippen LogP contribution in [0, 0.1) is 0 Å². The summed E-state index contributed by atoms with van der Waals surface area (Å²) in [5, 5.41) is 67.6. The van der Waals surface area contributed by atoms with Crippen LogP contribution in [0.4, 0.5) is 0 Å². The van der Waals surface area contributed by atoms with Crippen LogP contribution in [0.2, 0.25) is 0 Å². The first kappa shape index (κ1) is 49.1. The summed E-state index contributed by atoms with van der Waals surface area (Å²) in [4.78, 5) is 32.2. The third kappa shape index (κ3) is 8.91. The number of nitrogens with zero attached hydrogens (tertiary/aromatic N) is 2. The summed E-state index contributed by atoms with van der Waals surface area (Å²) >= 11 is 0. The van der Waals surface area contributed by atoms with E-state index in [9.17, 15) is 40.2 Å². The molecule has 0 aromatic heterocycles. The molecule has 4 fully saturated rings. The molecule has 0 spiro atoms. The van der Waals surface area contributed by atoms with Crippen LogP contribution in [-0.4, -0.2) is 178 Å². The molecule has 0 radical (unpaired) electrons. The van der Waals surface area contributed by atoms with Crippen LogP contribution < -0.4 is 0 Å². The van der Waals surface area contributed by atoms with Crippen LogP contribution in [-0.2, 0) is 44.3 Å². The molecule has 0 saturated carbocycles. The van der Waals surface area contributed by atoms with Gasteiger partial charge in [-0.15, -0.1) is 0 Å². The summed E-state index contributed by atoms with van der Waals surface area (Å²) in [7, 11) is 7.55. The molecule has 6 N–H and O–H groups in total. The maximum atomic E-state index is 14.3. The van der Waals surface area contributed by atoms with Gasteiger partial charge >= 0.3 is 0 Å². The van der Waals surface area contributed by atoms with Gasteiger partial charge in [-0.25, -0.2) is 0 Å². The SMILES string of the molecule is CCC1(OC2CC(N(C)C)C(O)C(C)O2)CCc2c(O)c3c(c(O)c2C1OC1CC(N(C)C)C(OC2CC(O)C(OC4CCC(O)C(C)O4)C(C)O2)C(C)O1)C(=O)c1cccc(O)c1C3=O. The molecule has 2 aliphatic carbocycles. The number of carbonyl (C=O) groups excluding carboxylic acids is 2. The average molecular weight is 929 g/mol. The van der Waals surface area contributed by atoms with E-state index in [4.69, 9.17) is 37.9 Å². The van der Waals surface area contributed by atoms with Gasteiger partial charge in [-0.2, -0.15) is 0 Å². The zero-order valence-electron chi connectivity index (χ0n) is 39.3. The van der Waals surface area contributed by atoms with Crippen LogP contribution in [0.3, 0.4) is 0 Å². The number of benzene rings is 2. The Hall–Kier alpha value is -3.34. The second kappa shape index (κ2) is 19.2. The Kier molecular flexibility index (Phi) is 14.3. The predicted molar refractivity (Wildman–Crippen MR) is 234 cm³/mol. The molecule has 17 unspecified atom stereocenters. The Bertz CT molecular complexity index is 2110. The molecular formula is C48H68N2O16. The lowest BCUT2D eigenvalue weighted by Crippen LogP contribution is -2.59. The monoisotopic (exact) mass is 928 g/mol. The van der Waals surface area contributed by atoms with E-state index in [-0.39, 0.29) is 60.0 Å². The minimum absolute atomic E-state index is 0.0767. The highest BCUT2D eigenvalue weighted by atomic mass is 16.7. The first-order valence-corrected chi connectivity index (χ1v) is 23.4. The van der Waals surface area contributed by atoms with Crippen molar-refractivity contribution < 1.29 is 78.1 Å². The van der Waals surface area contributed by atoms with Crippen molar-refractivity contribution in [1.29, 1.82) is 0 Å². The number of carbonyl (C=O) groups is 2. The zero-order valence-corrected chi connectivity index (χ0v) is 39.3. The molecule has 66 heavy (non-hydrogen) atoms. The highest BCUT2D eigenvalue weighted by Gasteiger charge is 2.54. The van der Waals surface area contributed by atoms with E-state index in [0.29, 0.717) is 25.7 Å². The van der Waals surface area contributed by atoms with Gasteiger partial charge in [0.05, 0.1) is 59.4 Å². The summed E-state index contributed by atoms with van der Waals surface area (Å²) < 4.78 is 52.0. The number of rotatable bonds is 11. The highest BCUT2D eigenvalue weighted by molar-refractivity contribution is 6.31. The van der Waals surface area contributed by atoms with E-state index < -0.39 is 132 Å². The first-order valence-electron chi connectivity index (χ1n) is 23.4. The molecule has 18 heteroatoms. The van der Waals surface area contributed by atoms with Crippen molar-refractivity contribution in [2.24, 2.45) is 0 Å². The Morgan fingerprint density at radius 1 is 0.667 bits per heavy atom. The van der Waals surface area contributed by atoms with Gasteiger partial charge < -0.3 is 78.3 Å². The van der Waals surface area contributed by atoms with Crippen molar-refractivity contribution in [3.05, 3.63) is 51.6 Å². The van der Waals surface area contributed by atoms with Gasteiger partial charge in [0, 0.05) is 54.5 Å². The molecule has 4 heterocycles. The summed E-state index contributed by atoms with van der Waals surface area (Å²) in [5.41, 5.74) is -2.15. The second-order valence-electron chi connectivity index (χ2n) is 19.5. The standard InChI is InChI=1S/C48H68N2O16/c1-10-48(66-35-18-27(49(6)7)40(54)22(3)60-35)17-16-26-37(44(58)39-38(42(26)56)43(57)36-25(41(39)55)12-11-13-30(36)52)47(48)65-33-19-28(50(8)9)45(23(4)61-33)64-34-20-31(53)46(24(5)62-34)63-32-15-14-29(51)21(2)59-32/h11-13,21-24,27-29,31-35,40,45-47,51-54,56,58H,10,14-20H2,1-9H3. The molecule has 366 valence electrons. The Morgan fingerprint density at radius 3 is 1.92 bits per heavy atom. The predicted octanol–water partition coefficient (Wildman–Crippen LogP) is 3.39. The van der Waals surface area contributed by atoms with Gasteiger partial charge in [0.15, 0.2) is 30.9 Å². The van der Waals surface area contributed by atoms with Crippen molar-refractivity contribution in [3.63, 3.8) is 0 Å². The molecule has 0 amide bonds. The van der Waals surface area contributed by atoms with Crippen LogP contribution in [0.5, 0.6) is 17.2 Å². The van der Waals surface area contributed by atoms with E-state index >= 15 is 0 Å². The van der Waals surface area contributed by atoms with Crippen molar-refractivity contribution >= 4 is 11.6 Å². The second-order valence-corrected chi connectivity index (χ2v) is 19.5. The number of phenols is 3. The molecule has 4 aliphatic heterocycles. The molecule has 0 bridgehead atoms. The fraction of sp³-hybridized carbons (Fsp3) is 0.708. The van der Waals surface area contributed by atoms with Gasteiger partial charge in [0.2, 0.25) is 5.78 Å². The number of aromatic hydroxyl groups is 3. The number of aliphatic hydroxyl groups excluding tert-OH is 3. The van der Waals surface area contributed by atoms with E-state index in [1.807, 2.05) is 51.8 Å².